The van der Waals surface area contributed by atoms with E-state index in [1.165, 1.54) is 31.0 Å². The summed E-state index contributed by atoms with van der Waals surface area (Å²) >= 11 is 1.46. The third-order valence-corrected chi connectivity index (χ3v) is 10.7. The largest absolute Gasteiger partial charge is 0.349 e. The second-order valence-electron chi connectivity index (χ2n) is 13.2. The molecule has 0 radical (unpaired) electrons. The van der Waals surface area contributed by atoms with Crippen LogP contribution >= 0.6 is 11.8 Å². The lowest BCUT2D eigenvalue weighted by Crippen LogP contribution is -2.42. The number of piperidine rings is 1. The number of rotatable bonds is 6. The summed E-state index contributed by atoms with van der Waals surface area (Å²) in [6.07, 6.45) is 12.5. The molecule has 0 amide bonds. The number of hydrogen-bond donors (Lipinski definition) is 0. The van der Waals surface area contributed by atoms with Crippen molar-refractivity contribution in [1.29, 1.82) is 0 Å². The minimum atomic E-state index is 0.0182. The molecule has 1 aliphatic heterocycles. The number of hydrogen-bond acceptors (Lipinski definition) is 5. The second kappa shape index (κ2) is 12.6. The fraction of sp³-hybridized carbons (Fsp3) is 0.543. The first-order valence-electron chi connectivity index (χ1n) is 15.4. The van der Waals surface area contributed by atoms with E-state index in [4.69, 9.17) is 0 Å². The summed E-state index contributed by atoms with van der Waals surface area (Å²) in [4.78, 5) is 31.9. The molecule has 1 heterocycles. The molecule has 5 nitrogen and oxygen atoms in total. The summed E-state index contributed by atoms with van der Waals surface area (Å²) in [5.41, 5.74) is 5.93. The zero-order valence-corrected chi connectivity index (χ0v) is 26.2. The zero-order chi connectivity index (χ0) is 29.1. The highest BCUT2D eigenvalue weighted by molar-refractivity contribution is 8.17. The molecule has 3 atom stereocenters. The topological polar surface area (TPSA) is 62.1 Å². The Morgan fingerprint density at radius 1 is 1.02 bits per heavy atom. The van der Waals surface area contributed by atoms with Crippen LogP contribution in [0.2, 0.25) is 0 Å². The van der Waals surface area contributed by atoms with Gasteiger partial charge in [0.25, 0.3) is 0 Å². The van der Waals surface area contributed by atoms with Crippen LogP contribution in [0.4, 0.5) is 5.69 Å². The van der Waals surface area contributed by atoms with Crippen LogP contribution in [0.5, 0.6) is 0 Å². The molecule has 1 saturated heterocycles. The van der Waals surface area contributed by atoms with Crippen molar-refractivity contribution in [3.63, 3.8) is 0 Å². The molecule has 2 aliphatic carbocycles. The number of likely N-dealkylation sites (tertiary alicyclic amines) is 1. The van der Waals surface area contributed by atoms with Crippen molar-refractivity contribution < 1.29 is 4.79 Å². The molecule has 41 heavy (non-hydrogen) atoms. The van der Waals surface area contributed by atoms with Crippen LogP contribution in [0.25, 0.3) is 17.2 Å². The van der Waals surface area contributed by atoms with Crippen molar-refractivity contribution >= 4 is 35.0 Å². The Hall–Kier alpha value is -2.73. The minimum Gasteiger partial charge on any atom is -0.349 e. The first-order valence-corrected chi connectivity index (χ1v) is 16.2. The number of fused-ring (bicyclic) bond motifs is 2. The predicted molar refractivity (Wildman–Crippen MR) is 174 cm³/mol. The van der Waals surface area contributed by atoms with Gasteiger partial charge in [-0.3, -0.25) is 9.79 Å². The van der Waals surface area contributed by atoms with E-state index in [-0.39, 0.29) is 5.41 Å². The zero-order valence-electron chi connectivity index (χ0n) is 25.4. The molecule has 0 aromatic heterocycles. The molecule has 218 valence electrons. The van der Waals surface area contributed by atoms with E-state index >= 15 is 0 Å². The summed E-state index contributed by atoms with van der Waals surface area (Å²) < 4.78 is 0. The number of aryl methyl sites for hydroxylation is 1. The number of benzene rings is 2. The second-order valence-corrected chi connectivity index (χ2v) is 14.2. The maximum absolute atomic E-state index is 12.2. The van der Waals surface area contributed by atoms with Gasteiger partial charge in [-0.2, -0.15) is 0 Å². The monoisotopic (exact) mass is 571 g/mol. The van der Waals surface area contributed by atoms with Gasteiger partial charge < -0.3 is 4.90 Å². The summed E-state index contributed by atoms with van der Waals surface area (Å²) in [5.74, 6) is 2.03. The van der Waals surface area contributed by atoms with Crippen LogP contribution in [0, 0.1) is 29.6 Å². The first-order chi connectivity index (χ1) is 19.7. The van der Waals surface area contributed by atoms with Gasteiger partial charge in [0.1, 0.15) is 5.69 Å². The summed E-state index contributed by atoms with van der Waals surface area (Å²) in [5, 5.41) is 4.51. The molecule has 3 fully saturated rings. The number of nitrogens with zero attached hydrogens (tertiary/aromatic N) is 3. The molecule has 0 N–H and O–H groups in total. The normalized spacial score (nSPS) is 28.9. The maximum Gasteiger partial charge on any atom is 0.164 e. The van der Waals surface area contributed by atoms with Crippen LogP contribution < -0.4 is 0 Å². The summed E-state index contributed by atoms with van der Waals surface area (Å²) in [6.45, 7) is 9.99. The number of allylic oxidation sites excluding steroid dienone is 1. The highest BCUT2D eigenvalue weighted by atomic mass is 32.2. The van der Waals surface area contributed by atoms with Gasteiger partial charge in [-0.15, -0.1) is 4.91 Å². The third-order valence-electron chi connectivity index (χ3n) is 9.69. The average Bonchev–Trinajstić information content (AvgIpc) is 2.94. The Kier molecular flexibility index (Phi) is 9.18. The van der Waals surface area contributed by atoms with Crippen molar-refractivity contribution in [1.82, 2.24) is 4.90 Å². The molecule has 2 saturated carbocycles. The number of carbonyl (C=O) groups excluding carboxylic acids is 1. The standard InChI is InChI=1S/C35H45N3O2S/c1-23-13-28-14-24(2)20-35(19-23,21-28)32-18-30(15-25(3)33(32)37-40)29-11-8-10-27(16-29)17-31(22-39)41-34(36-5)38-12-7-6-9-26(38)4/h8,10-11,15-18,22-24,26,28H,6-7,9,12-14,19-21H2,1-5H3/b31-17-,36-34?/t23?,24?,26-,28?,35?/m1/s1. The highest BCUT2D eigenvalue weighted by Gasteiger charge is 2.46. The van der Waals surface area contributed by atoms with Crippen molar-refractivity contribution in [2.24, 2.45) is 27.9 Å². The number of carbonyl (C=O) groups is 1. The molecule has 3 aliphatic rings. The number of aldehydes is 1. The van der Waals surface area contributed by atoms with Gasteiger partial charge in [0.05, 0.1) is 4.91 Å². The highest BCUT2D eigenvalue weighted by Crippen LogP contribution is 2.56. The number of aliphatic imine (C=N–C) groups is 1. The molecule has 0 spiro atoms. The summed E-state index contributed by atoms with van der Waals surface area (Å²) in [6, 6.07) is 13.2. The smallest absolute Gasteiger partial charge is 0.164 e. The van der Waals surface area contributed by atoms with Gasteiger partial charge in [-0.25, -0.2) is 0 Å². The predicted octanol–water partition coefficient (Wildman–Crippen LogP) is 9.30. The molecule has 2 unspecified atom stereocenters. The number of nitroso groups, excluding NO2 is 1. The molecule has 2 aromatic carbocycles. The van der Waals surface area contributed by atoms with E-state index in [0.29, 0.717) is 28.5 Å². The Balaban J connectivity index is 1.48. The van der Waals surface area contributed by atoms with Gasteiger partial charge in [-0.05, 0) is 157 Å². The first kappa shape index (κ1) is 29.8. The quantitative estimate of drug-likeness (QED) is 0.114. The van der Waals surface area contributed by atoms with E-state index in [2.05, 4.69) is 66.2 Å². The Morgan fingerprint density at radius 2 is 1.78 bits per heavy atom. The van der Waals surface area contributed by atoms with Crippen LogP contribution in [0.1, 0.15) is 88.8 Å². The van der Waals surface area contributed by atoms with Crippen LogP contribution in [0.3, 0.4) is 0 Å². The maximum atomic E-state index is 12.2. The Labute approximate surface area is 250 Å². The number of thioether (sulfide) groups is 1. The van der Waals surface area contributed by atoms with Gasteiger partial charge in [0.15, 0.2) is 11.5 Å². The average molecular weight is 572 g/mol. The fourth-order valence-corrected chi connectivity index (χ4v) is 9.22. The van der Waals surface area contributed by atoms with Crippen LogP contribution in [0.15, 0.2) is 51.5 Å². The van der Waals surface area contributed by atoms with E-state index in [1.807, 2.05) is 26.1 Å². The van der Waals surface area contributed by atoms with E-state index < -0.39 is 0 Å². The van der Waals surface area contributed by atoms with Gasteiger partial charge in [0, 0.05) is 19.6 Å². The fourth-order valence-electron chi connectivity index (χ4n) is 8.29. The molecule has 6 heteroatoms. The molecular weight excluding hydrogens is 526 g/mol. The van der Waals surface area contributed by atoms with E-state index in [0.717, 1.165) is 83.8 Å². The van der Waals surface area contributed by atoms with Crippen molar-refractivity contribution in [2.75, 3.05) is 13.6 Å². The Bertz CT molecular complexity index is 1330. The third kappa shape index (κ3) is 6.38. The van der Waals surface area contributed by atoms with Crippen molar-refractivity contribution in [2.45, 2.75) is 90.5 Å². The minimum absolute atomic E-state index is 0.0182. The lowest BCUT2D eigenvalue weighted by atomic mass is 9.54. The molecule has 2 aromatic rings. The van der Waals surface area contributed by atoms with Crippen molar-refractivity contribution in [3.8, 4) is 11.1 Å². The van der Waals surface area contributed by atoms with Crippen molar-refractivity contribution in [3.05, 3.63) is 62.9 Å². The number of amidine groups is 1. The Morgan fingerprint density at radius 3 is 2.44 bits per heavy atom. The SMILES string of the molecule is CN=C(S/C(C=O)=C\c1cccc(-c2cc(C)c(N=O)c(C34CC(C)CC(CC(C)C3)C4)c2)c1)N1CCCC[C@H]1C. The lowest BCUT2D eigenvalue weighted by molar-refractivity contribution is -0.104. The van der Waals surface area contributed by atoms with E-state index in [1.54, 1.807) is 0 Å². The molecule has 2 bridgehead atoms. The summed E-state index contributed by atoms with van der Waals surface area (Å²) in [7, 11) is 1.81. The van der Waals surface area contributed by atoms with Gasteiger partial charge in [-0.1, -0.05) is 32.0 Å². The lowest BCUT2D eigenvalue weighted by Gasteiger charge is -2.50. The van der Waals surface area contributed by atoms with Crippen LogP contribution in [-0.4, -0.2) is 36.0 Å². The molecular formula is C35H45N3O2S. The van der Waals surface area contributed by atoms with Gasteiger partial charge >= 0.3 is 0 Å². The van der Waals surface area contributed by atoms with Crippen LogP contribution in [-0.2, 0) is 10.2 Å². The van der Waals surface area contributed by atoms with E-state index in [9.17, 15) is 9.70 Å². The molecule has 5 rings (SSSR count). The van der Waals surface area contributed by atoms with Gasteiger partial charge in [0.2, 0.25) is 0 Å².